The van der Waals surface area contributed by atoms with Crippen molar-refractivity contribution in [2.75, 3.05) is 19.6 Å². The zero-order valence-corrected chi connectivity index (χ0v) is 11.6. The summed E-state index contributed by atoms with van der Waals surface area (Å²) in [5.41, 5.74) is 1.17. The summed E-state index contributed by atoms with van der Waals surface area (Å²) in [7, 11) is 0. The molecule has 92 valence electrons. The first kappa shape index (κ1) is 13.6. The molecule has 0 aromatic carbocycles. The third kappa shape index (κ3) is 4.20. The number of hydrogen-bond donors (Lipinski definition) is 2. The summed E-state index contributed by atoms with van der Waals surface area (Å²) < 4.78 is 0. The number of aromatic nitrogens is 1. The lowest BCUT2D eigenvalue weighted by atomic mass is 10.2. The van der Waals surface area contributed by atoms with Crippen LogP contribution in [0.2, 0.25) is 0 Å². The van der Waals surface area contributed by atoms with Crippen molar-refractivity contribution in [1.29, 1.82) is 0 Å². The lowest BCUT2D eigenvalue weighted by molar-refractivity contribution is 0.548. The second kappa shape index (κ2) is 6.99. The molecular formula is C12H23N3S. The molecule has 0 aliphatic carbocycles. The van der Waals surface area contributed by atoms with E-state index in [9.17, 15) is 0 Å². The highest BCUT2D eigenvalue weighted by atomic mass is 32.1. The molecule has 16 heavy (non-hydrogen) atoms. The molecule has 4 heteroatoms. The van der Waals surface area contributed by atoms with Crippen molar-refractivity contribution in [2.45, 2.75) is 40.2 Å². The van der Waals surface area contributed by atoms with Gasteiger partial charge in [0.05, 0.1) is 10.7 Å². The number of hydrogen-bond acceptors (Lipinski definition) is 4. The second-order valence-corrected chi connectivity index (χ2v) is 5.34. The van der Waals surface area contributed by atoms with Gasteiger partial charge in [0.15, 0.2) is 0 Å². The highest BCUT2D eigenvalue weighted by Gasteiger charge is 2.11. The highest BCUT2D eigenvalue weighted by Crippen LogP contribution is 2.23. The van der Waals surface area contributed by atoms with E-state index in [1.807, 2.05) is 0 Å². The number of aryl methyl sites for hydroxylation is 2. The Morgan fingerprint density at radius 1 is 1.25 bits per heavy atom. The normalized spacial score (nSPS) is 13.0. The zero-order chi connectivity index (χ0) is 12.0. The Morgan fingerprint density at radius 3 is 2.56 bits per heavy atom. The van der Waals surface area contributed by atoms with Gasteiger partial charge in [-0.1, -0.05) is 6.92 Å². The number of rotatable bonds is 7. The minimum Gasteiger partial charge on any atom is -0.315 e. The van der Waals surface area contributed by atoms with Gasteiger partial charge < -0.3 is 10.6 Å². The predicted octanol–water partition coefficient (Wildman–Crippen LogP) is 2.41. The van der Waals surface area contributed by atoms with Crippen LogP contribution >= 0.6 is 11.3 Å². The Hall–Kier alpha value is -0.450. The largest absolute Gasteiger partial charge is 0.315 e. The lowest BCUT2D eigenvalue weighted by Gasteiger charge is -2.12. The predicted molar refractivity (Wildman–Crippen MR) is 71.2 cm³/mol. The van der Waals surface area contributed by atoms with Gasteiger partial charge in [-0.25, -0.2) is 4.98 Å². The summed E-state index contributed by atoms with van der Waals surface area (Å²) in [4.78, 5) is 5.82. The molecule has 1 atom stereocenters. The molecule has 0 fully saturated rings. The minimum atomic E-state index is 0.412. The molecule has 1 rings (SSSR count). The van der Waals surface area contributed by atoms with Crippen LogP contribution in [0, 0.1) is 13.8 Å². The zero-order valence-electron chi connectivity index (χ0n) is 10.8. The van der Waals surface area contributed by atoms with Crippen molar-refractivity contribution in [3.63, 3.8) is 0 Å². The number of nitrogens with zero attached hydrogens (tertiary/aromatic N) is 1. The molecule has 1 unspecified atom stereocenters. The fourth-order valence-corrected chi connectivity index (χ4v) is 2.67. The lowest BCUT2D eigenvalue weighted by Crippen LogP contribution is -2.29. The summed E-state index contributed by atoms with van der Waals surface area (Å²) >= 11 is 1.80. The van der Waals surface area contributed by atoms with E-state index in [0.29, 0.717) is 6.04 Å². The summed E-state index contributed by atoms with van der Waals surface area (Å²) in [5.74, 6) is 0. The van der Waals surface area contributed by atoms with E-state index in [-0.39, 0.29) is 0 Å². The van der Waals surface area contributed by atoms with Gasteiger partial charge in [-0.15, -0.1) is 11.3 Å². The van der Waals surface area contributed by atoms with Crippen molar-refractivity contribution in [3.8, 4) is 0 Å². The van der Waals surface area contributed by atoms with Crippen molar-refractivity contribution < 1.29 is 0 Å². The fraction of sp³-hybridized carbons (Fsp3) is 0.750. The summed E-state index contributed by atoms with van der Waals surface area (Å²) in [5, 5.41) is 8.06. The highest BCUT2D eigenvalue weighted by molar-refractivity contribution is 7.11. The molecule has 0 saturated carbocycles. The average molecular weight is 241 g/mol. The van der Waals surface area contributed by atoms with Gasteiger partial charge >= 0.3 is 0 Å². The van der Waals surface area contributed by atoms with Gasteiger partial charge in [0.25, 0.3) is 0 Å². The molecule has 1 aromatic rings. The standard InChI is InChI=1S/C12H23N3S/c1-5-6-13-7-8-14-9(2)12-10(3)15-11(4)16-12/h9,13-14H,5-8H2,1-4H3. The molecule has 0 amide bonds. The first-order valence-corrected chi connectivity index (χ1v) is 6.84. The van der Waals surface area contributed by atoms with Crippen LogP contribution in [-0.2, 0) is 0 Å². The van der Waals surface area contributed by atoms with Gasteiger partial charge in [0, 0.05) is 24.0 Å². The van der Waals surface area contributed by atoms with Crippen LogP contribution in [0.4, 0.5) is 0 Å². The third-order valence-corrected chi connectivity index (χ3v) is 3.77. The van der Waals surface area contributed by atoms with Crippen LogP contribution in [0.15, 0.2) is 0 Å². The molecule has 0 aliphatic heterocycles. The molecule has 1 heterocycles. The maximum Gasteiger partial charge on any atom is 0.0900 e. The topological polar surface area (TPSA) is 37.0 Å². The van der Waals surface area contributed by atoms with Crippen molar-refractivity contribution >= 4 is 11.3 Å². The Morgan fingerprint density at radius 2 is 2.00 bits per heavy atom. The first-order valence-electron chi connectivity index (χ1n) is 6.03. The average Bonchev–Trinajstić information content (AvgIpc) is 2.57. The summed E-state index contributed by atoms with van der Waals surface area (Å²) in [6, 6.07) is 0.412. The van der Waals surface area contributed by atoms with Gasteiger partial charge in [-0.05, 0) is 33.7 Å². The molecule has 0 saturated heterocycles. The van der Waals surface area contributed by atoms with Crippen LogP contribution in [0.1, 0.15) is 41.9 Å². The van der Waals surface area contributed by atoms with Gasteiger partial charge in [0.2, 0.25) is 0 Å². The Bertz CT molecular complexity index is 309. The molecule has 0 bridgehead atoms. The van der Waals surface area contributed by atoms with Crippen LogP contribution in [-0.4, -0.2) is 24.6 Å². The van der Waals surface area contributed by atoms with Crippen LogP contribution in [0.5, 0.6) is 0 Å². The van der Waals surface area contributed by atoms with Gasteiger partial charge in [-0.2, -0.15) is 0 Å². The monoisotopic (exact) mass is 241 g/mol. The van der Waals surface area contributed by atoms with E-state index in [4.69, 9.17) is 0 Å². The van der Waals surface area contributed by atoms with E-state index in [1.165, 1.54) is 17.0 Å². The van der Waals surface area contributed by atoms with Gasteiger partial charge in [-0.3, -0.25) is 0 Å². The third-order valence-electron chi connectivity index (χ3n) is 2.51. The number of nitrogens with one attached hydrogen (secondary N) is 2. The maximum absolute atomic E-state index is 4.45. The van der Waals surface area contributed by atoms with E-state index in [1.54, 1.807) is 11.3 Å². The number of thiazole rings is 1. The summed E-state index contributed by atoms with van der Waals surface area (Å²) in [6.45, 7) is 11.7. The van der Waals surface area contributed by atoms with Gasteiger partial charge in [0.1, 0.15) is 0 Å². The summed E-state index contributed by atoms with van der Waals surface area (Å²) in [6.07, 6.45) is 1.20. The van der Waals surface area contributed by atoms with E-state index >= 15 is 0 Å². The Balaban J connectivity index is 2.29. The fourth-order valence-electron chi connectivity index (χ4n) is 1.72. The molecule has 0 radical (unpaired) electrons. The first-order chi connectivity index (χ1) is 7.65. The molecular weight excluding hydrogens is 218 g/mol. The van der Waals surface area contributed by atoms with E-state index in [2.05, 4.69) is 43.3 Å². The Labute approximate surface area is 103 Å². The molecule has 3 nitrogen and oxygen atoms in total. The van der Waals surface area contributed by atoms with Crippen molar-refractivity contribution in [2.24, 2.45) is 0 Å². The second-order valence-electron chi connectivity index (χ2n) is 4.11. The molecule has 2 N–H and O–H groups in total. The SMILES string of the molecule is CCCNCCNC(C)c1sc(C)nc1C. The molecule has 0 aliphatic rings. The molecule has 0 spiro atoms. The van der Waals surface area contributed by atoms with Crippen LogP contribution in [0.25, 0.3) is 0 Å². The maximum atomic E-state index is 4.45. The van der Waals surface area contributed by atoms with E-state index < -0.39 is 0 Å². The van der Waals surface area contributed by atoms with Crippen LogP contribution in [0.3, 0.4) is 0 Å². The minimum absolute atomic E-state index is 0.412. The quantitative estimate of drug-likeness (QED) is 0.720. The van der Waals surface area contributed by atoms with E-state index in [0.717, 1.165) is 24.6 Å². The van der Waals surface area contributed by atoms with Crippen molar-refractivity contribution in [1.82, 2.24) is 15.6 Å². The smallest absolute Gasteiger partial charge is 0.0900 e. The van der Waals surface area contributed by atoms with Crippen LogP contribution < -0.4 is 10.6 Å². The Kier molecular flexibility index (Phi) is 5.95. The van der Waals surface area contributed by atoms with Crippen molar-refractivity contribution in [3.05, 3.63) is 15.6 Å². The molecule has 1 aromatic heterocycles.